The van der Waals surface area contributed by atoms with Gasteiger partial charge in [-0.2, -0.15) is 0 Å². The van der Waals surface area contributed by atoms with Gasteiger partial charge in [-0.25, -0.2) is 0 Å². The SMILES string of the molecule is c1cnc2c(Nc3ccc4c(c3)OCO4)cccc2c1. The largest absolute Gasteiger partial charge is 0.454 e. The fourth-order valence-corrected chi connectivity index (χ4v) is 2.33. The van der Waals surface area contributed by atoms with Crippen molar-refractivity contribution in [2.75, 3.05) is 12.1 Å². The van der Waals surface area contributed by atoms with E-state index in [-0.39, 0.29) is 6.79 Å². The Morgan fingerprint density at radius 1 is 0.950 bits per heavy atom. The number of benzene rings is 2. The van der Waals surface area contributed by atoms with Gasteiger partial charge in [0.25, 0.3) is 0 Å². The molecular weight excluding hydrogens is 252 g/mol. The molecule has 0 fully saturated rings. The third-order valence-electron chi connectivity index (χ3n) is 3.28. The Labute approximate surface area is 116 Å². The fourth-order valence-electron chi connectivity index (χ4n) is 2.33. The highest BCUT2D eigenvalue weighted by Gasteiger charge is 2.13. The number of para-hydroxylation sites is 1. The number of hydrogen-bond acceptors (Lipinski definition) is 4. The second-order valence-electron chi connectivity index (χ2n) is 4.57. The van der Waals surface area contributed by atoms with Gasteiger partial charge in [0, 0.05) is 23.3 Å². The summed E-state index contributed by atoms with van der Waals surface area (Å²) in [5, 5.41) is 4.49. The predicted octanol–water partition coefficient (Wildman–Crippen LogP) is 3.71. The first kappa shape index (κ1) is 11.1. The first-order chi connectivity index (χ1) is 9.90. The van der Waals surface area contributed by atoms with E-state index in [1.54, 1.807) is 6.20 Å². The van der Waals surface area contributed by atoms with Crippen molar-refractivity contribution in [1.82, 2.24) is 4.98 Å². The third kappa shape index (κ3) is 1.82. The lowest BCUT2D eigenvalue weighted by Crippen LogP contribution is -1.93. The number of nitrogens with zero attached hydrogens (tertiary/aromatic N) is 1. The molecule has 4 heteroatoms. The molecule has 1 N–H and O–H groups in total. The van der Waals surface area contributed by atoms with Crippen LogP contribution in [0.15, 0.2) is 54.7 Å². The standard InChI is InChI=1S/C16H12N2O2/c1-3-11-4-2-8-17-16(11)13(5-1)18-12-6-7-14-15(9-12)20-10-19-14/h1-9,18H,10H2. The molecule has 0 aliphatic carbocycles. The number of nitrogens with one attached hydrogen (secondary N) is 1. The maximum absolute atomic E-state index is 5.39. The van der Waals surface area contributed by atoms with E-state index < -0.39 is 0 Å². The van der Waals surface area contributed by atoms with E-state index in [9.17, 15) is 0 Å². The third-order valence-corrected chi connectivity index (χ3v) is 3.28. The molecule has 0 amide bonds. The summed E-state index contributed by atoms with van der Waals surface area (Å²) >= 11 is 0. The Bertz CT molecular complexity index is 781. The van der Waals surface area contributed by atoms with Crippen LogP contribution in [-0.4, -0.2) is 11.8 Å². The molecule has 1 aliphatic heterocycles. The average molecular weight is 264 g/mol. The minimum Gasteiger partial charge on any atom is -0.454 e. The van der Waals surface area contributed by atoms with E-state index in [0.29, 0.717) is 0 Å². The number of anilines is 2. The Balaban J connectivity index is 1.74. The van der Waals surface area contributed by atoms with Crippen LogP contribution < -0.4 is 14.8 Å². The Hall–Kier alpha value is -2.75. The van der Waals surface area contributed by atoms with Crippen LogP contribution in [0.2, 0.25) is 0 Å². The van der Waals surface area contributed by atoms with Crippen molar-refractivity contribution >= 4 is 22.3 Å². The topological polar surface area (TPSA) is 43.4 Å². The molecule has 4 nitrogen and oxygen atoms in total. The van der Waals surface area contributed by atoms with E-state index in [1.807, 2.05) is 48.5 Å². The van der Waals surface area contributed by atoms with Crippen LogP contribution in [0.1, 0.15) is 0 Å². The average Bonchev–Trinajstić information content (AvgIpc) is 2.95. The predicted molar refractivity (Wildman–Crippen MR) is 77.6 cm³/mol. The molecule has 4 rings (SSSR count). The van der Waals surface area contributed by atoms with E-state index in [2.05, 4.69) is 10.3 Å². The summed E-state index contributed by atoms with van der Waals surface area (Å²) in [6.07, 6.45) is 1.80. The second kappa shape index (κ2) is 4.42. The molecule has 0 radical (unpaired) electrons. The van der Waals surface area contributed by atoms with Gasteiger partial charge in [0.15, 0.2) is 11.5 Å². The molecular formula is C16H12N2O2. The summed E-state index contributed by atoms with van der Waals surface area (Å²) in [7, 11) is 0. The zero-order valence-electron chi connectivity index (χ0n) is 10.7. The molecule has 20 heavy (non-hydrogen) atoms. The van der Waals surface area contributed by atoms with Crippen LogP contribution in [0, 0.1) is 0 Å². The monoisotopic (exact) mass is 264 g/mol. The Morgan fingerprint density at radius 2 is 1.85 bits per heavy atom. The number of pyridine rings is 1. The summed E-state index contributed by atoms with van der Waals surface area (Å²) in [5.41, 5.74) is 2.88. The quantitative estimate of drug-likeness (QED) is 0.766. The van der Waals surface area contributed by atoms with Gasteiger partial charge in [0.1, 0.15) is 0 Å². The van der Waals surface area contributed by atoms with Crippen LogP contribution in [0.4, 0.5) is 11.4 Å². The fraction of sp³-hybridized carbons (Fsp3) is 0.0625. The molecule has 1 aromatic heterocycles. The van der Waals surface area contributed by atoms with Gasteiger partial charge in [-0.3, -0.25) is 4.98 Å². The molecule has 2 heterocycles. The highest BCUT2D eigenvalue weighted by atomic mass is 16.7. The van der Waals surface area contributed by atoms with Crippen LogP contribution in [0.3, 0.4) is 0 Å². The minimum atomic E-state index is 0.286. The van der Waals surface area contributed by atoms with Gasteiger partial charge in [-0.1, -0.05) is 18.2 Å². The first-order valence-electron chi connectivity index (χ1n) is 6.40. The molecule has 0 saturated carbocycles. The van der Waals surface area contributed by atoms with Crippen LogP contribution in [0.25, 0.3) is 10.9 Å². The smallest absolute Gasteiger partial charge is 0.231 e. The molecule has 0 unspecified atom stereocenters. The number of hydrogen-bond donors (Lipinski definition) is 1. The summed E-state index contributed by atoms with van der Waals surface area (Å²) < 4.78 is 10.7. The number of ether oxygens (including phenoxy) is 2. The van der Waals surface area contributed by atoms with Gasteiger partial charge in [0.05, 0.1) is 11.2 Å². The second-order valence-corrected chi connectivity index (χ2v) is 4.57. The van der Waals surface area contributed by atoms with Gasteiger partial charge < -0.3 is 14.8 Å². The lowest BCUT2D eigenvalue weighted by molar-refractivity contribution is 0.174. The molecule has 1 aliphatic rings. The highest BCUT2D eigenvalue weighted by Crippen LogP contribution is 2.35. The minimum absolute atomic E-state index is 0.286. The lowest BCUT2D eigenvalue weighted by atomic mass is 10.2. The Kier molecular flexibility index (Phi) is 2.45. The van der Waals surface area contributed by atoms with Crippen molar-refractivity contribution in [2.45, 2.75) is 0 Å². The molecule has 0 saturated heterocycles. The van der Waals surface area contributed by atoms with Gasteiger partial charge in [-0.15, -0.1) is 0 Å². The lowest BCUT2D eigenvalue weighted by Gasteiger charge is -2.09. The van der Waals surface area contributed by atoms with Crippen LogP contribution in [0.5, 0.6) is 11.5 Å². The van der Waals surface area contributed by atoms with Crippen molar-refractivity contribution in [1.29, 1.82) is 0 Å². The molecule has 98 valence electrons. The summed E-state index contributed by atoms with van der Waals surface area (Å²) in [6, 6.07) is 15.9. The van der Waals surface area contributed by atoms with E-state index in [1.165, 1.54) is 0 Å². The van der Waals surface area contributed by atoms with Crippen molar-refractivity contribution in [3.8, 4) is 11.5 Å². The van der Waals surface area contributed by atoms with Crippen molar-refractivity contribution in [3.63, 3.8) is 0 Å². The zero-order chi connectivity index (χ0) is 13.4. The summed E-state index contributed by atoms with van der Waals surface area (Å²) in [6.45, 7) is 0.286. The van der Waals surface area contributed by atoms with Crippen molar-refractivity contribution in [2.24, 2.45) is 0 Å². The van der Waals surface area contributed by atoms with Crippen molar-refractivity contribution in [3.05, 3.63) is 54.7 Å². The summed E-state index contributed by atoms with van der Waals surface area (Å²) in [4.78, 5) is 4.43. The van der Waals surface area contributed by atoms with E-state index in [0.717, 1.165) is 33.8 Å². The van der Waals surface area contributed by atoms with E-state index in [4.69, 9.17) is 9.47 Å². The van der Waals surface area contributed by atoms with Crippen LogP contribution >= 0.6 is 0 Å². The molecule has 0 atom stereocenters. The first-order valence-corrected chi connectivity index (χ1v) is 6.40. The molecule has 0 spiro atoms. The number of rotatable bonds is 2. The number of aromatic nitrogens is 1. The maximum Gasteiger partial charge on any atom is 0.231 e. The Morgan fingerprint density at radius 3 is 2.85 bits per heavy atom. The molecule has 3 aromatic rings. The van der Waals surface area contributed by atoms with Gasteiger partial charge >= 0.3 is 0 Å². The van der Waals surface area contributed by atoms with Gasteiger partial charge in [0.2, 0.25) is 6.79 Å². The van der Waals surface area contributed by atoms with E-state index >= 15 is 0 Å². The normalized spacial score (nSPS) is 12.6. The molecule has 2 aromatic carbocycles. The number of fused-ring (bicyclic) bond motifs is 2. The van der Waals surface area contributed by atoms with Crippen molar-refractivity contribution < 1.29 is 9.47 Å². The highest BCUT2D eigenvalue weighted by molar-refractivity contribution is 5.92. The maximum atomic E-state index is 5.39. The zero-order valence-corrected chi connectivity index (χ0v) is 10.7. The van der Waals surface area contributed by atoms with Gasteiger partial charge in [-0.05, 0) is 24.3 Å². The van der Waals surface area contributed by atoms with Crippen LogP contribution in [-0.2, 0) is 0 Å². The molecule has 0 bridgehead atoms. The summed E-state index contributed by atoms with van der Waals surface area (Å²) in [5.74, 6) is 1.55.